The van der Waals surface area contributed by atoms with Gasteiger partial charge in [0.05, 0.1) is 0 Å². The molecule has 0 spiro atoms. The van der Waals surface area contributed by atoms with Crippen molar-refractivity contribution in [2.24, 2.45) is 0 Å². The Kier molecular flexibility index (Phi) is 6.13. The third-order valence-electron chi connectivity index (χ3n) is 8.83. The maximum Gasteiger partial charge on any atom is 0.119 e. The van der Waals surface area contributed by atoms with Crippen molar-refractivity contribution >= 4 is 83.0 Å². The molecule has 4 heteroatoms. The van der Waals surface area contributed by atoms with E-state index in [1.165, 1.54) is 38.7 Å². The van der Waals surface area contributed by atoms with Crippen molar-refractivity contribution in [2.45, 2.75) is 0 Å². The summed E-state index contributed by atoms with van der Waals surface area (Å²) >= 11 is 0. The van der Waals surface area contributed by atoms with Crippen LogP contribution in [0.5, 0.6) is 5.75 Å². The first-order valence-corrected chi connectivity index (χ1v) is 14.6. The van der Waals surface area contributed by atoms with E-state index >= 15 is 0 Å². The Balaban J connectivity index is 1.54. The average molecular weight is 552 g/mol. The van der Waals surface area contributed by atoms with Crippen molar-refractivity contribution in [3.63, 3.8) is 0 Å². The lowest BCUT2D eigenvalue weighted by Gasteiger charge is -2.21. The molecule has 0 unspecified atom stereocenters. The minimum absolute atomic E-state index is 0.0863. The summed E-state index contributed by atoms with van der Waals surface area (Å²) in [6.07, 6.45) is 0. The van der Waals surface area contributed by atoms with Gasteiger partial charge in [-0.2, -0.15) is 0 Å². The molecule has 8 rings (SSSR count). The molecule has 0 atom stereocenters. The Hall–Kier alpha value is -5.21. The van der Waals surface area contributed by atoms with E-state index in [4.69, 9.17) is 23.5 Å². The third kappa shape index (κ3) is 3.98. The van der Waals surface area contributed by atoms with Crippen molar-refractivity contribution in [3.05, 3.63) is 133 Å². The second kappa shape index (κ2) is 10.2. The van der Waals surface area contributed by atoms with Crippen LogP contribution < -0.4 is 16.4 Å². The minimum Gasteiger partial charge on any atom is -0.509 e. The van der Waals surface area contributed by atoms with Crippen LogP contribution in [0.1, 0.15) is 0 Å². The average Bonchev–Trinajstić information content (AvgIpc) is 3.06. The largest absolute Gasteiger partial charge is 0.509 e. The zero-order chi connectivity index (χ0) is 29.9. The van der Waals surface area contributed by atoms with E-state index in [0.717, 1.165) is 38.2 Å². The Morgan fingerprint density at radius 2 is 0.864 bits per heavy atom. The van der Waals surface area contributed by atoms with Gasteiger partial charge in [0.1, 0.15) is 29.3 Å². The van der Waals surface area contributed by atoms with E-state index in [1.54, 1.807) is 0 Å². The monoisotopic (exact) mass is 552 g/mol. The van der Waals surface area contributed by atoms with Gasteiger partial charge in [-0.3, -0.25) is 0 Å². The SMILES string of the molecule is [B]c1cc(O)c([B])c(-c2cc(-c3c4ccccc4c(-c4cccc5ccccc45)c4ccccc34)c3ccccc3c2)c1[B]. The lowest BCUT2D eigenvalue weighted by molar-refractivity contribution is 0.480. The number of benzene rings is 8. The summed E-state index contributed by atoms with van der Waals surface area (Å²) in [5.41, 5.74) is 6.78. The molecule has 1 N–H and O–H groups in total. The molecule has 0 aliphatic rings. The third-order valence-corrected chi connectivity index (χ3v) is 8.83. The standard InChI is InChI=1S/C40H23B3O/c41-34-22-35(44)40(43)36(39(34)42)25-20-24-11-2-4-14-27(24)33(21-25)38-31-17-7-5-15-29(31)37(30-16-6-8-18-32(30)38)28-19-9-12-23-10-1-3-13-26(23)28/h1-22,44H. The first-order chi connectivity index (χ1) is 21.5. The normalized spacial score (nSPS) is 11.5. The number of aromatic hydroxyl groups is 1. The van der Waals surface area contributed by atoms with Crippen LogP contribution in [-0.2, 0) is 0 Å². The van der Waals surface area contributed by atoms with Crippen molar-refractivity contribution in [1.82, 2.24) is 0 Å². The van der Waals surface area contributed by atoms with E-state index in [1.807, 2.05) is 6.07 Å². The first kappa shape index (κ1) is 26.4. The van der Waals surface area contributed by atoms with Gasteiger partial charge < -0.3 is 5.11 Å². The summed E-state index contributed by atoms with van der Waals surface area (Å²) in [6, 6.07) is 46.3. The van der Waals surface area contributed by atoms with Crippen LogP contribution in [-0.4, -0.2) is 28.6 Å². The molecule has 0 bridgehead atoms. The predicted molar refractivity (Wildman–Crippen MR) is 191 cm³/mol. The van der Waals surface area contributed by atoms with Gasteiger partial charge in [0.2, 0.25) is 0 Å². The van der Waals surface area contributed by atoms with Crippen molar-refractivity contribution in [2.75, 3.05) is 0 Å². The number of phenols is 1. The van der Waals surface area contributed by atoms with Crippen LogP contribution in [0.3, 0.4) is 0 Å². The number of hydrogen-bond acceptors (Lipinski definition) is 1. The van der Waals surface area contributed by atoms with Gasteiger partial charge in [-0.15, -0.1) is 0 Å². The fourth-order valence-electron chi connectivity index (χ4n) is 6.85. The second-order valence-electron chi connectivity index (χ2n) is 11.3. The molecular formula is C40H23B3O. The molecule has 0 saturated heterocycles. The summed E-state index contributed by atoms with van der Waals surface area (Å²) in [5, 5.41) is 19.8. The molecule has 0 saturated carbocycles. The van der Waals surface area contributed by atoms with Gasteiger partial charge in [0, 0.05) is 0 Å². The van der Waals surface area contributed by atoms with E-state index in [-0.39, 0.29) is 16.7 Å². The van der Waals surface area contributed by atoms with Gasteiger partial charge >= 0.3 is 0 Å². The minimum atomic E-state index is -0.0863. The topological polar surface area (TPSA) is 20.2 Å². The highest BCUT2D eigenvalue weighted by Gasteiger charge is 2.20. The zero-order valence-corrected chi connectivity index (χ0v) is 23.9. The molecule has 0 fully saturated rings. The highest BCUT2D eigenvalue weighted by molar-refractivity contribution is 6.54. The van der Waals surface area contributed by atoms with Crippen LogP contribution in [0.2, 0.25) is 0 Å². The van der Waals surface area contributed by atoms with Crippen molar-refractivity contribution in [1.29, 1.82) is 0 Å². The van der Waals surface area contributed by atoms with Gasteiger partial charge in [-0.25, -0.2) is 0 Å². The number of rotatable bonds is 3. The van der Waals surface area contributed by atoms with E-state index in [0.29, 0.717) is 11.0 Å². The number of phenolic OH excluding ortho intramolecular Hbond substituents is 1. The Morgan fingerprint density at radius 3 is 1.48 bits per heavy atom. The Labute approximate surface area is 260 Å². The summed E-state index contributed by atoms with van der Waals surface area (Å²) < 4.78 is 0. The molecule has 44 heavy (non-hydrogen) atoms. The lowest BCUT2D eigenvalue weighted by Crippen LogP contribution is -2.33. The molecule has 0 heterocycles. The summed E-state index contributed by atoms with van der Waals surface area (Å²) in [4.78, 5) is 0. The molecule has 6 radical (unpaired) electrons. The molecule has 0 aliphatic carbocycles. The smallest absolute Gasteiger partial charge is 0.119 e. The molecule has 0 aromatic heterocycles. The second-order valence-corrected chi connectivity index (χ2v) is 11.3. The molecular weight excluding hydrogens is 529 g/mol. The molecule has 0 aliphatic heterocycles. The van der Waals surface area contributed by atoms with Crippen molar-refractivity contribution in [3.8, 4) is 39.1 Å². The quantitative estimate of drug-likeness (QED) is 0.179. The Bertz CT molecular complexity index is 2360. The highest BCUT2D eigenvalue weighted by atomic mass is 16.3. The van der Waals surface area contributed by atoms with Crippen LogP contribution in [0.25, 0.3) is 76.5 Å². The van der Waals surface area contributed by atoms with Crippen LogP contribution in [0.15, 0.2) is 133 Å². The fourth-order valence-corrected chi connectivity index (χ4v) is 6.85. The maximum atomic E-state index is 10.6. The summed E-state index contributed by atoms with van der Waals surface area (Å²) in [6.45, 7) is 0. The zero-order valence-electron chi connectivity index (χ0n) is 23.9. The summed E-state index contributed by atoms with van der Waals surface area (Å²) in [5.74, 6) is -0.0863. The highest BCUT2D eigenvalue weighted by Crippen LogP contribution is 2.47. The van der Waals surface area contributed by atoms with Crippen LogP contribution in [0.4, 0.5) is 0 Å². The fraction of sp³-hybridized carbons (Fsp3) is 0. The van der Waals surface area contributed by atoms with Crippen molar-refractivity contribution < 1.29 is 5.11 Å². The first-order valence-electron chi connectivity index (χ1n) is 14.6. The predicted octanol–water partition coefficient (Wildman–Crippen LogP) is 7.39. The lowest BCUT2D eigenvalue weighted by atomic mass is 9.70. The molecule has 8 aromatic rings. The van der Waals surface area contributed by atoms with Gasteiger partial charge in [-0.1, -0.05) is 126 Å². The van der Waals surface area contributed by atoms with Crippen LogP contribution >= 0.6 is 0 Å². The molecule has 198 valence electrons. The van der Waals surface area contributed by atoms with Gasteiger partial charge in [0.25, 0.3) is 0 Å². The van der Waals surface area contributed by atoms with Gasteiger partial charge in [0.15, 0.2) is 0 Å². The molecule has 8 aromatic carbocycles. The summed E-state index contributed by atoms with van der Waals surface area (Å²) in [7, 11) is 19.2. The maximum absolute atomic E-state index is 10.6. The number of fused-ring (bicyclic) bond motifs is 4. The van der Waals surface area contributed by atoms with Crippen LogP contribution in [0, 0.1) is 0 Å². The number of hydrogen-bond donors (Lipinski definition) is 1. The van der Waals surface area contributed by atoms with E-state index < -0.39 is 0 Å². The van der Waals surface area contributed by atoms with E-state index in [9.17, 15) is 5.11 Å². The molecule has 0 amide bonds. The van der Waals surface area contributed by atoms with E-state index in [2.05, 4.69) is 121 Å². The molecule has 1 nitrogen and oxygen atoms in total. The Morgan fingerprint density at radius 1 is 0.386 bits per heavy atom. The van der Waals surface area contributed by atoms with Gasteiger partial charge in [-0.05, 0) is 100 Å².